The molecule has 85 heavy (non-hydrogen) atoms. The van der Waals surface area contributed by atoms with E-state index in [1.807, 2.05) is 75.1 Å². The van der Waals surface area contributed by atoms with Gasteiger partial charge in [0.2, 0.25) is 5.91 Å². The Bertz CT molecular complexity index is 3750. The Morgan fingerprint density at radius 1 is 0.800 bits per heavy atom. The average molecular weight is 1160 g/mol. The van der Waals surface area contributed by atoms with Gasteiger partial charge in [-0.05, 0) is 151 Å². The number of imide groups is 1. The van der Waals surface area contributed by atoms with Gasteiger partial charge in [-0.2, -0.15) is 14.7 Å². The number of nitrogens with zero attached hydrogens (tertiary/aromatic N) is 10. The molecular formula is C64H79N13O8. The van der Waals surface area contributed by atoms with Gasteiger partial charge in [-0.25, -0.2) is 14.6 Å². The summed E-state index contributed by atoms with van der Waals surface area (Å²) in [6.07, 6.45) is 18.7. The maximum atomic E-state index is 13.4. The van der Waals surface area contributed by atoms with Crippen LogP contribution in [0.15, 0.2) is 91.6 Å². The van der Waals surface area contributed by atoms with Gasteiger partial charge in [-0.15, -0.1) is 0 Å². The Kier molecular flexibility index (Phi) is 17.2. The minimum absolute atomic E-state index is 0.188. The van der Waals surface area contributed by atoms with E-state index in [2.05, 4.69) is 89.6 Å². The van der Waals surface area contributed by atoms with E-state index in [1.54, 1.807) is 35.0 Å². The molecule has 1 saturated carbocycles. The number of urea groups is 1. The van der Waals surface area contributed by atoms with Crippen molar-refractivity contribution in [2.24, 2.45) is 20.0 Å². The molecule has 0 spiro atoms. The maximum Gasteiger partial charge on any atom is 0.410 e. The SMILES string of the molecule is CCOC(=O)CCNc1cccc2c(C3CCN(C(=O)OC(C)(C)C)CC3)cn(C)c12.COc1cc2nn(C3CCC(CN4CCC(c5cn(C)c6c(N7CCC(=O)NC7=O)cccc56)CC4)CC3)cc2cc1C(=O)Nc1cnc2cccnn12. The molecular weight excluding hydrogens is 1080 g/mol. The molecule has 21 nitrogen and oxygen atoms in total. The number of rotatable bonds is 14. The second-order valence-corrected chi connectivity index (χ2v) is 24.1. The first-order chi connectivity index (χ1) is 41.0. The van der Waals surface area contributed by atoms with Crippen LogP contribution in [0.5, 0.6) is 5.75 Å². The molecule has 0 unspecified atom stereocenters. The van der Waals surface area contributed by atoms with E-state index in [-0.39, 0.29) is 29.9 Å². The summed E-state index contributed by atoms with van der Waals surface area (Å²) >= 11 is 0. The summed E-state index contributed by atoms with van der Waals surface area (Å²) in [7, 11) is 5.67. The van der Waals surface area contributed by atoms with Crippen molar-refractivity contribution < 1.29 is 38.2 Å². The number of imidazole rings is 1. The third kappa shape index (κ3) is 12.8. The van der Waals surface area contributed by atoms with Crippen LogP contribution < -0.4 is 25.6 Å². The number of fused-ring (bicyclic) bond motifs is 4. The maximum absolute atomic E-state index is 13.4. The van der Waals surface area contributed by atoms with E-state index in [0.717, 1.165) is 104 Å². The number of anilines is 3. The first-order valence-corrected chi connectivity index (χ1v) is 30.1. The van der Waals surface area contributed by atoms with Crippen molar-refractivity contribution in [2.45, 2.75) is 115 Å². The molecule has 3 aliphatic heterocycles. The topological polar surface area (TPSA) is 217 Å². The fourth-order valence-corrected chi connectivity index (χ4v) is 13.1. The molecule has 4 fully saturated rings. The number of carbonyl (C=O) groups excluding carboxylic acids is 5. The van der Waals surface area contributed by atoms with E-state index >= 15 is 0 Å². The highest BCUT2D eigenvalue weighted by Crippen LogP contribution is 2.41. The van der Waals surface area contributed by atoms with Crippen LogP contribution in [0.25, 0.3) is 38.4 Å². The zero-order valence-corrected chi connectivity index (χ0v) is 49.9. The first kappa shape index (κ1) is 58.3. The van der Waals surface area contributed by atoms with Gasteiger partial charge in [0.05, 0.1) is 65.9 Å². The van der Waals surface area contributed by atoms with Gasteiger partial charge in [0.15, 0.2) is 11.5 Å². The number of piperidine rings is 2. The summed E-state index contributed by atoms with van der Waals surface area (Å²) in [5.74, 6) is 1.78. The molecule has 3 saturated heterocycles. The Labute approximate surface area is 494 Å². The molecule has 448 valence electrons. The lowest BCUT2D eigenvalue weighted by Gasteiger charge is -2.36. The van der Waals surface area contributed by atoms with Crippen molar-refractivity contribution in [3.8, 4) is 5.75 Å². The average Bonchev–Trinajstić information content (AvgIpc) is 2.22. The lowest BCUT2D eigenvalue weighted by atomic mass is 9.84. The van der Waals surface area contributed by atoms with Gasteiger partial charge >= 0.3 is 18.1 Å². The van der Waals surface area contributed by atoms with Gasteiger partial charge in [-0.3, -0.25) is 29.3 Å². The first-order valence-electron chi connectivity index (χ1n) is 30.1. The van der Waals surface area contributed by atoms with Gasteiger partial charge in [0, 0.05) is 100 Å². The number of hydrogen-bond acceptors (Lipinski definition) is 13. The third-order valence-electron chi connectivity index (χ3n) is 17.3. The van der Waals surface area contributed by atoms with Crippen molar-refractivity contribution in [3.05, 3.63) is 108 Å². The number of carbonyl (C=O) groups is 5. The number of methoxy groups -OCH3 is 1. The van der Waals surface area contributed by atoms with Crippen molar-refractivity contribution in [2.75, 3.05) is 75.1 Å². The second-order valence-electron chi connectivity index (χ2n) is 24.1. The van der Waals surface area contributed by atoms with Crippen molar-refractivity contribution in [1.82, 2.24) is 48.6 Å². The number of amides is 5. The quantitative estimate of drug-likeness (QED) is 0.0865. The molecule has 5 aromatic heterocycles. The highest BCUT2D eigenvalue weighted by Gasteiger charge is 2.33. The Balaban J connectivity index is 0.000000207. The summed E-state index contributed by atoms with van der Waals surface area (Å²) in [6.45, 7) is 13.5. The smallest absolute Gasteiger partial charge is 0.410 e. The summed E-state index contributed by atoms with van der Waals surface area (Å²) in [4.78, 5) is 72.3. The minimum Gasteiger partial charge on any atom is -0.496 e. The number of aromatic nitrogens is 7. The molecule has 8 aromatic rings. The third-order valence-corrected chi connectivity index (χ3v) is 17.3. The van der Waals surface area contributed by atoms with E-state index in [9.17, 15) is 24.0 Å². The Hall–Kier alpha value is -8.46. The number of esters is 1. The largest absolute Gasteiger partial charge is 0.496 e. The predicted octanol–water partition coefficient (Wildman–Crippen LogP) is 10.5. The normalized spacial score (nSPS) is 18.4. The molecule has 0 radical (unpaired) electrons. The van der Waals surface area contributed by atoms with Crippen LogP contribution >= 0.6 is 0 Å². The standard InChI is InChI=1S/C40H44N10O4.C24H35N3O4/c1-46-24-31(29-5-3-6-33(38(29)46)48-18-14-37(51)44-40(48)53)26-12-16-47(17-13-26)22-25-8-10-28(11-9-25)49-23-27-19-30(34(54-2)20-32(27)45-49)39(52)43-36-21-41-35-7-4-15-42-50(35)36;1-6-30-21(28)10-13-25-20-9-7-8-18-19(16-26(5)22(18)20)17-11-14-27(15-12-17)23(29)31-24(2,3)4/h3-7,15,19-21,23-26,28H,8-14,16-18,22H2,1-2H3,(H,43,52)(H,44,51,53);7-9,16-17,25H,6,10-15H2,1-5H3. The fraction of sp³-hybridized carbons (Fsp3) is 0.469. The summed E-state index contributed by atoms with van der Waals surface area (Å²) in [5.41, 5.74) is 8.13. The van der Waals surface area contributed by atoms with Crippen molar-refractivity contribution in [1.29, 1.82) is 0 Å². The van der Waals surface area contributed by atoms with Crippen LogP contribution in [0.3, 0.4) is 0 Å². The zero-order chi connectivity index (χ0) is 59.5. The molecule has 5 amide bonds. The predicted molar refractivity (Wildman–Crippen MR) is 327 cm³/mol. The zero-order valence-electron chi connectivity index (χ0n) is 49.9. The number of aryl methyl sites for hydroxylation is 2. The number of nitrogens with one attached hydrogen (secondary N) is 3. The minimum atomic E-state index is -0.472. The monoisotopic (exact) mass is 1160 g/mol. The van der Waals surface area contributed by atoms with Gasteiger partial charge in [0.1, 0.15) is 11.4 Å². The molecule has 21 heteroatoms. The highest BCUT2D eigenvalue weighted by atomic mass is 16.6. The number of hydrogen-bond donors (Lipinski definition) is 3. The highest BCUT2D eigenvalue weighted by molar-refractivity contribution is 6.10. The fourth-order valence-electron chi connectivity index (χ4n) is 13.1. The van der Waals surface area contributed by atoms with Crippen LogP contribution in [0.2, 0.25) is 0 Å². The van der Waals surface area contributed by atoms with Crippen LogP contribution in [-0.4, -0.2) is 138 Å². The van der Waals surface area contributed by atoms with E-state index in [1.165, 1.54) is 21.9 Å². The summed E-state index contributed by atoms with van der Waals surface area (Å²) in [6, 6.07) is 19.7. The second kappa shape index (κ2) is 25.0. The molecule has 8 heterocycles. The molecule has 4 aliphatic rings. The van der Waals surface area contributed by atoms with Gasteiger partial charge < -0.3 is 43.8 Å². The van der Waals surface area contributed by atoms with Crippen LogP contribution in [-0.2, 0) is 33.2 Å². The van der Waals surface area contributed by atoms with Crippen molar-refractivity contribution >= 4 is 85.5 Å². The number of benzene rings is 3. The lowest BCUT2D eigenvalue weighted by molar-refractivity contribution is -0.142. The van der Waals surface area contributed by atoms with Crippen LogP contribution in [0, 0.1) is 5.92 Å². The summed E-state index contributed by atoms with van der Waals surface area (Å²) in [5, 5.41) is 21.3. The van der Waals surface area contributed by atoms with Gasteiger partial charge in [0.25, 0.3) is 5.91 Å². The lowest BCUT2D eigenvalue weighted by Crippen LogP contribution is -2.49. The summed E-state index contributed by atoms with van der Waals surface area (Å²) < 4.78 is 24.1. The number of likely N-dealkylation sites (tertiary alicyclic amines) is 2. The molecule has 12 rings (SSSR count). The van der Waals surface area contributed by atoms with E-state index < -0.39 is 5.60 Å². The molecule has 0 atom stereocenters. The Morgan fingerprint density at radius 3 is 2.19 bits per heavy atom. The number of para-hydroxylation sites is 2. The van der Waals surface area contributed by atoms with Crippen molar-refractivity contribution in [3.63, 3.8) is 0 Å². The molecule has 1 aliphatic carbocycles. The molecule has 3 N–H and O–H groups in total. The van der Waals surface area contributed by atoms with Gasteiger partial charge in [-0.1, -0.05) is 24.3 Å². The van der Waals surface area contributed by atoms with E-state index in [4.69, 9.17) is 19.3 Å². The van der Waals surface area contributed by atoms with E-state index in [0.29, 0.717) is 92.2 Å². The van der Waals surface area contributed by atoms with Crippen LogP contribution in [0.4, 0.5) is 26.8 Å². The Morgan fingerprint density at radius 2 is 1.49 bits per heavy atom. The molecule has 0 bridgehead atoms. The van der Waals surface area contributed by atoms with Crippen LogP contribution in [0.1, 0.15) is 131 Å². The number of ether oxygens (including phenoxy) is 3. The molecule has 3 aromatic carbocycles.